The van der Waals surface area contributed by atoms with Gasteiger partial charge in [0.05, 0.1) is 12.6 Å². The number of aromatic amines is 1. The van der Waals surface area contributed by atoms with Crippen molar-refractivity contribution in [1.82, 2.24) is 36.6 Å². The van der Waals surface area contributed by atoms with Gasteiger partial charge in [0, 0.05) is 47.9 Å². The van der Waals surface area contributed by atoms with Crippen molar-refractivity contribution in [2.75, 3.05) is 19.7 Å². The molecule has 3 aromatic rings. The molecule has 1 aliphatic rings. The summed E-state index contributed by atoms with van der Waals surface area (Å²) in [5.74, 6) is -5.53. The Labute approximate surface area is 347 Å². The molecule has 0 unspecified atom stereocenters. The van der Waals surface area contributed by atoms with Gasteiger partial charge in [-0.1, -0.05) is 35.8 Å². The van der Waals surface area contributed by atoms with Crippen LogP contribution in [0.5, 0.6) is 5.75 Å². The number of nitrogens with zero attached hydrogens (tertiary/aromatic N) is 6. The number of fused-ring (bicyclic) bond motifs is 1. The average molecular weight is 849 g/mol. The number of aliphatic hydroxyl groups is 1. The number of aromatic nitrogens is 1. The molecule has 0 bridgehead atoms. The van der Waals surface area contributed by atoms with Crippen molar-refractivity contribution in [1.29, 1.82) is 0 Å². The quantitative estimate of drug-likeness (QED) is 0.00919. The van der Waals surface area contributed by atoms with E-state index < -0.39 is 89.3 Å². The maximum atomic E-state index is 14.2. The lowest BCUT2D eigenvalue weighted by Gasteiger charge is -2.28. The highest BCUT2D eigenvalue weighted by Gasteiger charge is 2.37. The zero-order chi connectivity index (χ0) is 44.6. The van der Waals surface area contributed by atoms with E-state index in [9.17, 15) is 49.1 Å². The number of guanidine groups is 1. The van der Waals surface area contributed by atoms with Crippen molar-refractivity contribution < 1.29 is 44.0 Å². The van der Waals surface area contributed by atoms with Crippen molar-refractivity contribution in [3.63, 3.8) is 0 Å². The minimum absolute atomic E-state index is 0.0131. The van der Waals surface area contributed by atoms with Crippen molar-refractivity contribution in [2.24, 2.45) is 21.6 Å². The van der Waals surface area contributed by atoms with Crippen molar-refractivity contribution in [3.8, 4) is 5.75 Å². The summed E-state index contributed by atoms with van der Waals surface area (Å²) in [5.41, 5.74) is 23.5. The number of para-hydroxylation sites is 1. The van der Waals surface area contributed by atoms with Crippen LogP contribution in [0.1, 0.15) is 43.7 Å². The summed E-state index contributed by atoms with van der Waals surface area (Å²) >= 11 is 0. The number of likely N-dealkylation sites (tertiary alicyclic amines) is 1. The van der Waals surface area contributed by atoms with Crippen LogP contribution in [0.4, 0.5) is 0 Å². The molecule has 326 valence electrons. The summed E-state index contributed by atoms with van der Waals surface area (Å²) in [4.78, 5) is 102. The Balaban J connectivity index is 1.61. The predicted molar refractivity (Wildman–Crippen MR) is 217 cm³/mol. The summed E-state index contributed by atoms with van der Waals surface area (Å²) in [6, 6.07) is 5.10. The number of H-pyrrole nitrogens is 1. The van der Waals surface area contributed by atoms with Gasteiger partial charge >= 0.3 is 0 Å². The number of azide groups is 1. The second kappa shape index (κ2) is 22.2. The third-order valence-corrected chi connectivity index (χ3v) is 9.74. The number of aromatic hydroxyl groups is 1. The fourth-order valence-electron chi connectivity index (χ4n) is 6.63. The molecule has 1 aliphatic heterocycles. The van der Waals surface area contributed by atoms with E-state index in [4.69, 9.17) is 17.0 Å². The first-order valence-corrected chi connectivity index (χ1v) is 19.1. The number of phenols is 1. The SMILES string of the molecule is C[C@@H](NC(=O)[C@H](Cc1ccc(O)cc1)NC(=O)[C@H](CCCN=C(N)N[N+](=O)[O-])NC(=O)[C@H](Cc1c[nH]c2ccccc12)NC(=O)[C@@H](N)CO)C(=O)N1CCC[C@H]1C(=O)N=[N+]=[N-]. The fraction of sp³-hybridized carbons (Fsp3) is 0.432. The molecule has 6 amide bonds. The molecular weight excluding hydrogens is 800 g/mol. The lowest BCUT2D eigenvalue weighted by atomic mass is 10.0. The minimum atomic E-state index is -1.44. The maximum absolute atomic E-state index is 14.2. The van der Waals surface area contributed by atoms with E-state index in [-0.39, 0.29) is 50.9 Å². The number of rotatable bonds is 20. The van der Waals surface area contributed by atoms with E-state index in [1.807, 2.05) is 6.07 Å². The van der Waals surface area contributed by atoms with Crippen LogP contribution in [0, 0.1) is 10.1 Å². The molecule has 1 saturated heterocycles. The molecule has 24 nitrogen and oxygen atoms in total. The third-order valence-electron chi connectivity index (χ3n) is 9.74. The molecule has 2 heterocycles. The Morgan fingerprint density at radius 2 is 1.62 bits per heavy atom. The number of amides is 6. The van der Waals surface area contributed by atoms with Gasteiger partial charge in [-0.25, -0.2) is 15.1 Å². The van der Waals surface area contributed by atoms with Crippen molar-refractivity contribution in [3.05, 3.63) is 86.4 Å². The first kappa shape index (κ1) is 46.4. The largest absolute Gasteiger partial charge is 0.508 e. The number of nitrogens with two attached hydrogens (primary N) is 2. The minimum Gasteiger partial charge on any atom is -0.508 e. The number of carbonyl (C=O) groups is 6. The van der Waals surface area contributed by atoms with Gasteiger partial charge in [-0.2, -0.15) is 0 Å². The van der Waals surface area contributed by atoms with Gasteiger partial charge in [0.2, 0.25) is 35.4 Å². The summed E-state index contributed by atoms with van der Waals surface area (Å²) in [7, 11) is 0. The Kier molecular flexibility index (Phi) is 16.9. The summed E-state index contributed by atoms with van der Waals surface area (Å²) in [6.45, 7) is 0.663. The molecule has 24 heteroatoms. The van der Waals surface area contributed by atoms with Gasteiger partial charge in [-0.3, -0.25) is 28.8 Å². The molecule has 1 aromatic heterocycles. The van der Waals surface area contributed by atoms with Crippen LogP contribution in [-0.4, -0.2) is 122 Å². The standard InChI is InChI=1S/C37H48N14O10/c1-20(36(59)50-15-5-9-30(50)35(58)47-49-40)43-33(56)28(16-21-10-12-23(53)13-11-21)46-32(55)27(8-4-14-41-37(39)48-51(60)61)44-34(57)29(45-31(54)25(38)19-52)17-22-18-42-26-7-3-2-6-24(22)26/h2-3,6-7,10-13,18,20,25,27-30,42,52-53H,4-5,8-9,14-17,19,38H2,1H3,(H,43,56)(H,44,57)(H,45,54)(H,46,55)(H3,39,41,48)/t20-,25+,27+,28+,29+,30+/m1/s1. The number of phenolic OH excluding ortho intramolecular Hbond substituents is 1. The number of aliphatic hydroxyl groups excluding tert-OH is 1. The molecule has 0 saturated carbocycles. The zero-order valence-corrected chi connectivity index (χ0v) is 33.0. The Hall–Kier alpha value is -7.30. The average Bonchev–Trinajstić information content (AvgIpc) is 3.89. The summed E-state index contributed by atoms with van der Waals surface area (Å²) < 4.78 is 0. The molecule has 2 aromatic carbocycles. The predicted octanol–water partition coefficient (Wildman–Crippen LogP) is -1.36. The number of benzene rings is 2. The van der Waals surface area contributed by atoms with E-state index in [2.05, 4.69) is 41.3 Å². The Morgan fingerprint density at radius 3 is 2.31 bits per heavy atom. The highest BCUT2D eigenvalue weighted by Crippen LogP contribution is 2.21. The third kappa shape index (κ3) is 13.4. The molecular formula is C37H48N14O10. The molecule has 1 fully saturated rings. The molecule has 0 spiro atoms. The Bertz CT molecular complexity index is 2160. The number of aliphatic imine (C=N–C) groups is 1. The lowest BCUT2D eigenvalue weighted by Crippen LogP contribution is -2.59. The zero-order valence-electron chi connectivity index (χ0n) is 33.0. The smallest absolute Gasteiger partial charge is 0.251 e. The van der Waals surface area contributed by atoms with Crippen LogP contribution in [0.2, 0.25) is 0 Å². The molecule has 6 atom stereocenters. The van der Waals surface area contributed by atoms with Crippen LogP contribution in [0.15, 0.2) is 64.8 Å². The number of hydrogen-bond donors (Lipinski definition) is 10. The number of hydrogen-bond acceptors (Lipinski definition) is 12. The number of nitrogens with one attached hydrogen (secondary N) is 6. The normalized spacial score (nSPS) is 16.2. The maximum Gasteiger partial charge on any atom is 0.251 e. The van der Waals surface area contributed by atoms with Crippen molar-refractivity contribution in [2.45, 2.75) is 81.7 Å². The lowest BCUT2D eigenvalue weighted by molar-refractivity contribution is -0.525. The highest BCUT2D eigenvalue weighted by atomic mass is 16.7. The second-order valence-electron chi connectivity index (χ2n) is 14.1. The van der Waals surface area contributed by atoms with E-state index in [0.29, 0.717) is 17.5 Å². The highest BCUT2D eigenvalue weighted by molar-refractivity contribution is 5.97. The fourth-order valence-corrected chi connectivity index (χ4v) is 6.63. The van der Waals surface area contributed by atoms with Gasteiger partial charge in [-0.05, 0) is 72.6 Å². The van der Waals surface area contributed by atoms with Gasteiger partial charge in [0.15, 0.2) is 5.03 Å². The van der Waals surface area contributed by atoms with E-state index in [0.717, 1.165) is 10.9 Å². The molecule has 12 N–H and O–H groups in total. The van der Waals surface area contributed by atoms with Crippen LogP contribution < -0.4 is 38.2 Å². The first-order valence-electron chi connectivity index (χ1n) is 19.1. The number of nitro groups is 1. The van der Waals surface area contributed by atoms with E-state index in [1.165, 1.54) is 36.1 Å². The van der Waals surface area contributed by atoms with Gasteiger partial charge < -0.3 is 52.8 Å². The molecule has 0 radical (unpaired) electrons. The first-order chi connectivity index (χ1) is 29.1. The monoisotopic (exact) mass is 848 g/mol. The number of carbonyl (C=O) groups excluding carboxylic acids is 6. The van der Waals surface area contributed by atoms with E-state index in [1.54, 1.807) is 29.8 Å². The van der Waals surface area contributed by atoms with Crippen LogP contribution in [0.25, 0.3) is 21.3 Å². The van der Waals surface area contributed by atoms with Gasteiger partial charge in [-0.15, -0.1) is 0 Å². The Morgan fingerprint density at radius 1 is 0.984 bits per heavy atom. The second-order valence-corrected chi connectivity index (χ2v) is 14.1. The van der Waals surface area contributed by atoms with Gasteiger partial charge in [0.25, 0.3) is 5.96 Å². The number of hydrazine groups is 1. The summed E-state index contributed by atoms with van der Waals surface area (Å²) in [5, 5.41) is 43.4. The van der Waals surface area contributed by atoms with Crippen LogP contribution in [0.3, 0.4) is 0 Å². The van der Waals surface area contributed by atoms with Gasteiger partial charge in [0.1, 0.15) is 36.0 Å². The van der Waals surface area contributed by atoms with E-state index >= 15 is 0 Å². The summed E-state index contributed by atoms with van der Waals surface area (Å²) in [6.07, 6.45) is 1.92. The molecule has 0 aliphatic carbocycles. The van der Waals surface area contributed by atoms with Crippen LogP contribution >= 0.6 is 0 Å². The van der Waals surface area contributed by atoms with Crippen molar-refractivity contribution >= 4 is 52.3 Å². The van der Waals surface area contributed by atoms with Crippen LogP contribution in [-0.2, 0) is 41.6 Å². The topological polar surface area (TPSA) is 378 Å². The molecule has 4 rings (SSSR count). The molecule has 61 heavy (non-hydrogen) atoms.